The summed E-state index contributed by atoms with van der Waals surface area (Å²) in [5.41, 5.74) is 6.55. The maximum absolute atomic E-state index is 12.7. The van der Waals surface area contributed by atoms with Crippen molar-refractivity contribution in [2.45, 2.75) is 20.0 Å². The molecule has 1 aromatic rings. The first-order chi connectivity index (χ1) is 9.81. The lowest BCUT2D eigenvalue weighted by atomic mass is 10.1. The number of rotatable bonds is 4. The number of halogens is 3. The van der Waals surface area contributed by atoms with Gasteiger partial charge in [0.15, 0.2) is 0 Å². The monoisotopic (exact) mass is 299 g/mol. The van der Waals surface area contributed by atoms with Gasteiger partial charge in [-0.25, -0.2) is 0 Å². The van der Waals surface area contributed by atoms with E-state index in [0.717, 1.165) is 31.4 Å². The number of hydrogen-bond donors (Lipinski definition) is 2. The molecule has 6 heteroatoms. The van der Waals surface area contributed by atoms with Gasteiger partial charge in [0.05, 0.1) is 11.4 Å². The molecule has 0 amide bonds. The van der Waals surface area contributed by atoms with Gasteiger partial charge in [-0.3, -0.25) is 0 Å². The van der Waals surface area contributed by atoms with Gasteiger partial charge in [-0.15, -0.1) is 0 Å². The molecule has 0 aliphatic carbocycles. The molecular formula is C15H20F3N3. The molecular weight excluding hydrogens is 279 g/mol. The minimum absolute atomic E-state index is 0.270. The Bertz CT molecular complexity index is 537. The topological polar surface area (TPSA) is 41.3 Å². The quantitative estimate of drug-likeness (QED) is 0.898. The van der Waals surface area contributed by atoms with Gasteiger partial charge in [-0.2, -0.15) is 13.2 Å². The molecule has 1 aliphatic heterocycles. The second-order valence-corrected chi connectivity index (χ2v) is 5.30. The Morgan fingerprint density at radius 2 is 2.10 bits per heavy atom. The van der Waals surface area contributed by atoms with Crippen LogP contribution in [0.15, 0.2) is 30.1 Å². The van der Waals surface area contributed by atoms with Crippen LogP contribution in [0, 0.1) is 12.8 Å². The molecule has 0 bridgehead atoms. The summed E-state index contributed by atoms with van der Waals surface area (Å²) in [4.78, 5) is 2.08. The number of benzene rings is 1. The first kappa shape index (κ1) is 15.5. The van der Waals surface area contributed by atoms with E-state index in [0.29, 0.717) is 11.4 Å². The zero-order valence-corrected chi connectivity index (χ0v) is 12.2. The zero-order valence-electron chi connectivity index (χ0n) is 12.2. The minimum atomic E-state index is -4.30. The lowest BCUT2D eigenvalue weighted by Crippen LogP contribution is -2.31. The number of anilines is 1. The number of nitrogens with zero attached hydrogens (tertiary/aromatic N) is 1. The van der Waals surface area contributed by atoms with Gasteiger partial charge < -0.3 is 16.0 Å². The van der Waals surface area contributed by atoms with Gasteiger partial charge in [0.25, 0.3) is 0 Å². The zero-order chi connectivity index (χ0) is 15.6. The van der Waals surface area contributed by atoms with E-state index in [9.17, 15) is 13.2 Å². The summed E-state index contributed by atoms with van der Waals surface area (Å²) >= 11 is 0. The van der Waals surface area contributed by atoms with Crippen LogP contribution in [0.2, 0.25) is 0 Å². The van der Waals surface area contributed by atoms with Crippen LogP contribution in [0.4, 0.5) is 18.9 Å². The number of alkyl halides is 3. The van der Waals surface area contributed by atoms with E-state index in [1.807, 2.05) is 13.0 Å². The van der Waals surface area contributed by atoms with Crippen molar-refractivity contribution in [3.05, 3.63) is 41.2 Å². The third-order valence-corrected chi connectivity index (χ3v) is 3.69. The Balaban J connectivity index is 2.18. The summed E-state index contributed by atoms with van der Waals surface area (Å²) in [6.45, 7) is 5.94. The van der Waals surface area contributed by atoms with Crippen LogP contribution in [-0.2, 0) is 6.18 Å². The summed E-state index contributed by atoms with van der Waals surface area (Å²) in [5.74, 6) is 0.937. The van der Waals surface area contributed by atoms with Gasteiger partial charge in [-0.1, -0.05) is 0 Å². The van der Waals surface area contributed by atoms with E-state index in [2.05, 4.69) is 10.2 Å². The van der Waals surface area contributed by atoms with E-state index in [1.165, 1.54) is 6.07 Å². The van der Waals surface area contributed by atoms with Gasteiger partial charge in [0, 0.05) is 31.2 Å². The van der Waals surface area contributed by atoms with E-state index >= 15 is 0 Å². The molecule has 1 atom stereocenters. The van der Waals surface area contributed by atoms with Crippen molar-refractivity contribution >= 4 is 5.69 Å². The standard InChI is InChI=1S/C15H20F3N3/c1-3-21(9-11-7-14(19)20-8-11)13-5-4-12(6-10(13)2)15(16,17)18/h4-7,11,20H,3,8-9,19H2,1-2H3/t11-/m0/s1. The average Bonchev–Trinajstić information content (AvgIpc) is 2.81. The van der Waals surface area contributed by atoms with Crippen molar-refractivity contribution in [1.29, 1.82) is 0 Å². The van der Waals surface area contributed by atoms with E-state index < -0.39 is 11.7 Å². The molecule has 0 saturated carbocycles. The summed E-state index contributed by atoms with van der Waals surface area (Å²) in [7, 11) is 0. The fourth-order valence-electron chi connectivity index (χ4n) is 2.61. The molecule has 21 heavy (non-hydrogen) atoms. The summed E-state index contributed by atoms with van der Waals surface area (Å²) in [6.07, 6.45) is -2.34. The first-order valence-corrected chi connectivity index (χ1v) is 6.95. The summed E-state index contributed by atoms with van der Waals surface area (Å²) < 4.78 is 38.1. The SMILES string of the molecule is CCN(C[C@H]1C=C(N)NC1)c1ccc(C(F)(F)F)cc1C. The van der Waals surface area contributed by atoms with Crippen LogP contribution in [-0.4, -0.2) is 19.6 Å². The van der Waals surface area contributed by atoms with E-state index in [4.69, 9.17) is 5.73 Å². The summed E-state index contributed by atoms with van der Waals surface area (Å²) in [5, 5.41) is 3.06. The maximum Gasteiger partial charge on any atom is 0.416 e. The molecule has 1 aliphatic rings. The molecule has 3 nitrogen and oxygen atoms in total. The number of nitrogens with one attached hydrogen (secondary N) is 1. The molecule has 0 saturated heterocycles. The molecule has 3 N–H and O–H groups in total. The van der Waals surface area contributed by atoms with Crippen LogP contribution in [0.5, 0.6) is 0 Å². The van der Waals surface area contributed by atoms with Crippen molar-refractivity contribution in [2.24, 2.45) is 11.7 Å². The Hall–Kier alpha value is -1.85. The van der Waals surface area contributed by atoms with Crippen molar-refractivity contribution in [3.63, 3.8) is 0 Å². The largest absolute Gasteiger partial charge is 0.416 e. The second-order valence-electron chi connectivity index (χ2n) is 5.30. The fourth-order valence-corrected chi connectivity index (χ4v) is 2.61. The van der Waals surface area contributed by atoms with Gasteiger partial charge in [0.1, 0.15) is 0 Å². The molecule has 116 valence electrons. The number of hydrogen-bond acceptors (Lipinski definition) is 3. The van der Waals surface area contributed by atoms with Gasteiger partial charge >= 0.3 is 6.18 Å². The highest BCUT2D eigenvalue weighted by Crippen LogP contribution is 2.32. The van der Waals surface area contributed by atoms with E-state index in [1.54, 1.807) is 13.0 Å². The highest BCUT2D eigenvalue weighted by Gasteiger charge is 2.31. The molecule has 0 spiro atoms. The van der Waals surface area contributed by atoms with E-state index in [-0.39, 0.29) is 5.92 Å². The summed E-state index contributed by atoms with van der Waals surface area (Å²) in [6, 6.07) is 3.90. The van der Waals surface area contributed by atoms with Crippen molar-refractivity contribution < 1.29 is 13.2 Å². The molecule has 2 rings (SSSR count). The smallest absolute Gasteiger partial charge is 0.386 e. The Kier molecular flexibility index (Phi) is 4.34. The minimum Gasteiger partial charge on any atom is -0.386 e. The second kappa shape index (κ2) is 5.87. The molecule has 0 aromatic heterocycles. The van der Waals surface area contributed by atoms with Crippen LogP contribution in [0.1, 0.15) is 18.1 Å². The number of aryl methyl sites for hydroxylation is 1. The molecule has 0 radical (unpaired) electrons. The van der Waals surface area contributed by atoms with Crippen LogP contribution >= 0.6 is 0 Å². The first-order valence-electron chi connectivity index (χ1n) is 6.95. The van der Waals surface area contributed by atoms with Gasteiger partial charge in [-0.05, 0) is 43.7 Å². The lowest BCUT2D eigenvalue weighted by molar-refractivity contribution is -0.137. The van der Waals surface area contributed by atoms with Crippen molar-refractivity contribution in [2.75, 3.05) is 24.5 Å². The van der Waals surface area contributed by atoms with Crippen LogP contribution < -0.4 is 16.0 Å². The Morgan fingerprint density at radius 1 is 1.38 bits per heavy atom. The lowest BCUT2D eigenvalue weighted by Gasteiger charge is -2.27. The predicted molar refractivity (Wildman–Crippen MR) is 77.8 cm³/mol. The average molecular weight is 299 g/mol. The maximum atomic E-state index is 12.7. The Morgan fingerprint density at radius 3 is 2.57 bits per heavy atom. The normalized spacial score (nSPS) is 18.3. The van der Waals surface area contributed by atoms with Gasteiger partial charge in [0.2, 0.25) is 0 Å². The third-order valence-electron chi connectivity index (χ3n) is 3.69. The van der Waals surface area contributed by atoms with Crippen LogP contribution in [0.25, 0.3) is 0 Å². The molecule has 0 fully saturated rings. The predicted octanol–water partition coefficient (Wildman–Crippen LogP) is 2.86. The Labute approximate surface area is 122 Å². The molecule has 1 aromatic carbocycles. The number of nitrogens with two attached hydrogens (primary N) is 1. The highest BCUT2D eigenvalue weighted by atomic mass is 19.4. The third kappa shape index (κ3) is 3.62. The molecule has 0 unspecified atom stereocenters. The van der Waals surface area contributed by atoms with Crippen molar-refractivity contribution in [1.82, 2.24) is 5.32 Å². The molecule has 1 heterocycles. The fraction of sp³-hybridized carbons (Fsp3) is 0.467. The van der Waals surface area contributed by atoms with Crippen LogP contribution in [0.3, 0.4) is 0 Å². The van der Waals surface area contributed by atoms with Crippen molar-refractivity contribution in [3.8, 4) is 0 Å². The highest BCUT2D eigenvalue weighted by molar-refractivity contribution is 5.55.